The molecule has 0 saturated heterocycles. The first-order valence-electron chi connectivity index (χ1n) is 5.39. The van der Waals surface area contributed by atoms with Crippen LogP contribution >= 0.6 is 11.6 Å². The van der Waals surface area contributed by atoms with Gasteiger partial charge in [-0.3, -0.25) is 0 Å². The molecule has 2 aromatic heterocycles. The molecule has 2 rings (SSSR count). The van der Waals surface area contributed by atoms with Gasteiger partial charge >= 0.3 is 12.0 Å². The second-order valence-corrected chi connectivity index (χ2v) is 4.01. The molecular formula is C11H12ClN3O3. The van der Waals surface area contributed by atoms with Crippen LogP contribution in [0.15, 0.2) is 10.7 Å². The molecule has 0 radical (unpaired) electrons. The number of oxazole rings is 1. The van der Waals surface area contributed by atoms with E-state index in [9.17, 15) is 4.79 Å². The smallest absolute Gasteiger partial charge is 0.360 e. The van der Waals surface area contributed by atoms with Gasteiger partial charge in [-0.15, -0.1) is 0 Å². The molecule has 6 nitrogen and oxygen atoms in total. The van der Waals surface area contributed by atoms with E-state index >= 15 is 0 Å². The summed E-state index contributed by atoms with van der Waals surface area (Å²) in [6.45, 7) is 5.57. The first-order valence-corrected chi connectivity index (χ1v) is 5.77. The van der Waals surface area contributed by atoms with Gasteiger partial charge in [0.05, 0.1) is 23.0 Å². The zero-order valence-corrected chi connectivity index (χ0v) is 11.0. The summed E-state index contributed by atoms with van der Waals surface area (Å²) in [5, 5.41) is 4.72. The molecule has 18 heavy (non-hydrogen) atoms. The summed E-state index contributed by atoms with van der Waals surface area (Å²) in [6, 6.07) is 0.186. The molecule has 0 fully saturated rings. The number of hydrogen-bond acceptors (Lipinski definition) is 5. The number of esters is 1. The standard InChI is InChI=1S/C11H12ClN3O3/c1-4-17-10(16)8-5-18-11(13-8)15-7(3)9(12)6(2)14-15/h5H,4H2,1-3H3. The van der Waals surface area contributed by atoms with Crippen LogP contribution in [0.25, 0.3) is 6.01 Å². The Kier molecular flexibility index (Phi) is 3.38. The van der Waals surface area contributed by atoms with Crippen LogP contribution in [0.4, 0.5) is 0 Å². The first-order chi connectivity index (χ1) is 8.54. The van der Waals surface area contributed by atoms with Crippen molar-refractivity contribution in [3.63, 3.8) is 0 Å². The van der Waals surface area contributed by atoms with Crippen LogP contribution in [0, 0.1) is 13.8 Å². The minimum Gasteiger partial charge on any atom is -0.461 e. The largest absolute Gasteiger partial charge is 0.461 e. The van der Waals surface area contributed by atoms with Gasteiger partial charge in [0.25, 0.3) is 0 Å². The second kappa shape index (κ2) is 4.81. The van der Waals surface area contributed by atoms with Crippen LogP contribution < -0.4 is 0 Å². The van der Waals surface area contributed by atoms with Crippen LogP contribution in [0.5, 0.6) is 0 Å². The Morgan fingerprint density at radius 2 is 2.28 bits per heavy atom. The van der Waals surface area contributed by atoms with Crippen molar-refractivity contribution >= 4 is 17.6 Å². The molecule has 2 heterocycles. The van der Waals surface area contributed by atoms with Crippen molar-refractivity contribution in [1.82, 2.24) is 14.8 Å². The highest BCUT2D eigenvalue weighted by Gasteiger charge is 2.18. The predicted octanol–water partition coefficient (Wildman–Crippen LogP) is 2.31. The van der Waals surface area contributed by atoms with E-state index in [4.69, 9.17) is 20.8 Å². The highest BCUT2D eigenvalue weighted by Crippen LogP contribution is 2.22. The molecule has 0 bridgehead atoms. The molecule has 0 aliphatic heterocycles. The lowest BCUT2D eigenvalue weighted by atomic mass is 10.4. The average Bonchev–Trinajstić information content (AvgIpc) is 2.91. The van der Waals surface area contributed by atoms with Crippen LogP contribution in [-0.4, -0.2) is 27.3 Å². The molecule has 0 atom stereocenters. The topological polar surface area (TPSA) is 70.2 Å². The maximum absolute atomic E-state index is 11.4. The fourth-order valence-electron chi connectivity index (χ4n) is 1.47. The summed E-state index contributed by atoms with van der Waals surface area (Å²) >= 11 is 6.02. The van der Waals surface area contributed by atoms with Crippen LogP contribution in [0.1, 0.15) is 28.8 Å². The summed E-state index contributed by atoms with van der Waals surface area (Å²) in [4.78, 5) is 15.5. The van der Waals surface area contributed by atoms with E-state index in [0.29, 0.717) is 16.4 Å². The predicted molar refractivity (Wildman–Crippen MR) is 64.1 cm³/mol. The number of rotatable bonds is 3. The van der Waals surface area contributed by atoms with E-state index in [2.05, 4.69) is 10.1 Å². The van der Waals surface area contributed by atoms with Gasteiger partial charge in [-0.2, -0.15) is 14.8 Å². The summed E-state index contributed by atoms with van der Waals surface area (Å²) < 4.78 is 11.5. The highest BCUT2D eigenvalue weighted by molar-refractivity contribution is 6.31. The minimum atomic E-state index is -0.528. The molecule has 0 aromatic carbocycles. The average molecular weight is 270 g/mol. The van der Waals surface area contributed by atoms with Crippen molar-refractivity contribution in [1.29, 1.82) is 0 Å². The SMILES string of the molecule is CCOC(=O)c1coc(-n2nc(C)c(Cl)c2C)n1. The minimum absolute atomic E-state index is 0.107. The van der Waals surface area contributed by atoms with Crippen LogP contribution in [-0.2, 0) is 4.74 Å². The lowest BCUT2D eigenvalue weighted by Crippen LogP contribution is -2.06. The number of hydrogen-bond donors (Lipinski definition) is 0. The zero-order chi connectivity index (χ0) is 13.3. The molecule has 0 aliphatic carbocycles. The zero-order valence-electron chi connectivity index (χ0n) is 10.2. The number of aromatic nitrogens is 3. The normalized spacial score (nSPS) is 10.7. The molecule has 2 aromatic rings. The quantitative estimate of drug-likeness (QED) is 0.800. The van der Waals surface area contributed by atoms with Gasteiger partial charge in [0, 0.05) is 0 Å². The summed E-state index contributed by atoms with van der Waals surface area (Å²) in [5.74, 6) is -0.528. The number of halogens is 1. The number of ether oxygens (including phenoxy) is 1. The fourth-order valence-corrected chi connectivity index (χ4v) is 1.59. The number of carbonyl (C=O) groups excluding carboxylic acids is 1. The lowest BCUT2D eigenvalue weighted by molar-refractivity contribution is 0.0519. The van der Waals surface area contributed by atoms with Crippen LogP contribution in [0.2, 0.25) is 5.02 Å². The summed E-state index contributed by atoms with van der Waals surface area (Å²) in [6.07, 6.45) is 1.23. The third-order valence-corrected chi connectivity index (χ3v) is 2.91. The maximum atomic E-state index is 11.4. The Morgan fingerprint density at radius 1 is 1.56 bits per heavy atom. The number of nitrogens with zero attached hydrogens (tertiary/aromatic N) is 3. The second-order valence-electron chi connectivity index (χ2n) is 3.63. The van der Waals surface area contributed by atoms with E-state index in [1.165, 1.54) is 10.9 Å². The number of carbonyl (C=O) groups is 1. The Morgan fingerprint density at radius 3 is 2.83 bits per heavy atom. The van der Waals surface area contributed by atoms with E-state index in [1.54, 1.807) is 20.8 Å². The van der Waals surface area contributed by atoms with Crippen molar-refractivity contribution in [3.05, 3.63) is 28.4 Å². The van der Waals surface area contributed by atoms with Gasteiger partial charge in [0.2, 0.25) is 0 Å². The first kappa shape index (κ1) is 12.6. The van der Waals surface area contributed by atoms with Gasteiger partial charge in [-0.05, 0) is 20.8 Å². The van der Waals surface area contributed by atoms with Gasteiger partial charge in [-0.25, -0.2) is 4.79 Å². The third kappa shape index (κ3) is 2.11. The van der Waals surface area contributed by atoms with E-state index < -0.39 is 5.97 Å². The highest BCUT2D eigenvalue weighted by atomic mass is 35.5. The Bertz CT molecular complexity index is 588. The molecule has 0 unspecified atom stereocenters. The van der Waals surface area contributed by atoms with E-state index in [0.717, 1.165) is 0 Å². The fraction of sp³-hybridized carbons (Fsp3) is 0.364. The Labute approximate surface area is 109 Å². The number of aryl methyl sites for hydroxylation is 1. The van der Waals surface area contributed by atoms with Crippen molar-refractivity contribution in [3.8, 4) is 6.01 Å². The molecular weight excluding hydrogens is 258 g/mol. The molecule has 0 spiro atoms. The molecule has 0 amide bonds. The van der Waals surface area contributed by atoms with Gasteiger partial charge in [-0.1, -0.05) is 11.6 Å². The van der Waals surface area contributed by atoms with Gasteiger partial charge < -0.3 is 9.15 Å². The molecule has 0 N–H and O–H groups in total. The van der Waals surface area contributed by atoms with E-state index in [1.807, 2.05) is 0 Å². The van der Waals surface area contributed by atoms with E-state index in [-0.39, 0.29) is 18.3 Å². The Balaban J connectivity index is 2.35. The molecule has 96 valence electrons. The van der Waals surface area contributed by atoms with Crippen molar-refractivity contribution in [2.24, 2.45) is 0 Å². The van der Waals surface area contributed by atoms with Crippen LogP contribution in [0.3, 0.4) is 0 Å². The monoisotopic (exact) mass is 269 g/mol. The molecule has 7 heteroatoms. The van der Waals surface area contributed by atoms with Crippen molar-refractivity contribution in [2.45, 2.75) is 20.8 Å². The summed E-state index contributed by atoms with van der Waals surface area (Å²) in [5.41, 5.74) is 1.48. The summed E-state index contributed by atoms with van der Waals surface area (Å²) in [7, 11) is 0. The van der Waals surface area contributed by atoms with Gasteiger partial charge in [0.15, 0.2) is 5.69 Å². The van der Waals surface area contributed by atoms with Crippen molar-refractivity contribution in [2.75, 3.05) is 6.61 Å². The third-order valence-electron chi connectivity index (χ3n) is 2.36. The van der Waals surface area contributed by atoms with Crippen molar-refractivity contribution < 1.29 is 13.9 Å². The maximum Gasteiger partial charge on any atom is 0.360 e. The molecule has 0 aliphatic rings. The Hall–Kier alpha value is -1.82. The molecule has 0 saturated carbocycles. The van der Waals surface area contributed by atoms with Gasteiger partial charge in [0.1, 0.15) is 6.26 Å². The lowest BCUT2D eigenvalue weighted by Gasteiger charge is -1.97.